The lowest BCUT2D eigenvalue weighted by molar-refractivity contribution is -0.138. The summed E-state index contributed by atoms with van der Waals surface area (Å²) in [4.78, 5) is 22.6. The molecule has 1 atom stereocenters. The molecule has 0 aliphatic heterocycles. The van der Waals surface area contributed by atoms with Crippen LogP contribution in [0.5, 0.6) is 0 Å². The van der Waals surface area contributed by atoms with Crippen molar-refractivity contribution in [1.29, 1.82) is 0 Å². The van der Waals surface area contributed by atoms with Gasteiger partial charge in [0.15, 0.2) is 5.78 Å². The third kappa shape index (κ3) is 2.18. The van der Waals surface area contributed by atoms with Gasteiger partial charge in [-0.25, -0.2) is 0 Å². The number of furan rings is 1. The van der Waals surface area contributed by atoms with Gasteiger partial charge in [-0.3, -0.25) is 9.59 Å². The van der Waals surface area contributed by atoms with Crippen LogP contribution in [0.1, 0.15) is 35.7 Å². The van der Waals surface area contributed by atoms with Gasteiger partial charge in [-0.15, -0.1) is 0 Å². The SMILES string of the molecule is CC(=O)c1ccc2oc3ccc(C(C)C(=O)O)cc3c2c1. The van der Waals surface area contributed by atoms with Crippen LogP contribution in [0.4, 0.5) is 0 Å². The van der Waals surface area contributed by atoms with E-state index in [4.69, 9.17) is 9.52 Å². The molecule has 0 bridgehead atoms. The van der Waals surface area contributed by atoms with Crippen LogP contribution in [0.15, 0.2) is 40.8 Å². The third-order valence-corrected chi connectivity index (χ3v) is 3.77. The molecule has 0 saturated carbocycles. The number of Topliss-reactive ketones (excluding diaryl/α,β-unsaturated/α-hetero) is 1. The normalized spacial score (nSPS) is 12.7. The molecule has 2 aromatic carbocycles. The van der Waals surface area contributed by atoms with Gasteiger partial charge in [-0.05, 0) is 49.7 Å². The average molecular weight is 282 g/mol. The molecule has 1 unspecified atom stereocenters. The standard InChI is InChI=1S/C17H14O4/c1-9(17(19)20)11-3-5-15-13(7-11)14-8-12(10(2)18)4-6-16(14)21-15/h3-9H,1-2H3,(H,19,20). The highest BCUT2D eigenvalue weighted by Gasteiger charge is 2.16. The van der Waals surface area contributed by atoms with Gasteiger partial charge in [0.25, 0.3) is 0 Å². The van der Waals surface area contributed by atoms with E-state index in [9.17, 15) is 9.59 Å². The quantitative estimate of drug-likeness (QED) is 0.738. The van der Waals surface area contributed by atoms with E-state index < -0.39 is 11.9 Å². The molecular formula is C17H14O4. The van der Waals surface area contributed by atoms with Gasteiger partial charge >= 0.3 is 5.97 Å². The summed E-state index contributed by atoms with van der Waals surface area (Å²) >= 11 is 0. The van der Waals surface area contributed by atoms with Gasteiger partial charge < -0.3 is 9.52 Å². The van der Waals surface area contributed by atoms with Crippen molar-refractivity contribution >= 4 is 33.7 Å². The van der Waals surface area contributed by atoms with E-state index in [1.54, 1.807) is 37.3 Å². The maximum Gasteiger partial charge on any atom is 0.310 e. The van der Waals surface area contributed by atoms with E-state index in [1.807, 2.05) is 6.07 Å². The smallest absolute Gasteiger partial charge is 0.310 e. The zero-order chi connectivity index (χ0) is 15.1. The predicted octanol–water partition coefficient (Wildman–Crippen LogP) is 3.98. The Labute approximate surface area is 121 Å². The number of aliphatic carboxylic acids is 1. The number of carboxylic acids is 1. The van der Waals surface area contributed by atoms with Crippen LogP contribution in [-0.4, -0.2) is 16.9 Å². The highest BCUT2D eigenvalue weighted by atomic mass is 16.4. The Morgan fingerprint density at radius 1 is 1.05 bits per heavy atom. The summed E-state index contributed by atoms with van der Waals surface area (Å²) in [6.07, 6.45) is 0. The second-order valence-corrected chi connectivity index (χ2v) is 5.18. The van der Waals surface area contributed by atoms with Crippen molar-refractivity contribution in [3.63, 3.8) is 0 Å². The molecule has 0 aliphatic carbocycles. The monoisotopic (exact) mass is 282 g/mol. The number of carbonyl (C=O) groups excluding carboxylic acids is 1. The van der Waals surface area contributed by atoms with Crippen molar-refractivity contribution in [3.05, 3.63) is 47.5 Å². The van der Waals surface area contributed by atoms with E-state index in [0.29, 0.717) is 22.3 Å². The summed E-state index contributed by atoms with van der Waals surface area (Å²) in [6.45, 7) is 3.16. The molecular weight excluding hydrogens is 268 g/mol. The number of carbonyl (C=O) groups is 2. The first-order chi connectivity index (χ1) is 9.97. The first kappa shape index (κ1) is 13.4. The minimum Gasteiger partial charge on any atom is -0.481 e. The first-order valence-corrected chi connectivity index (χ1v) is 6.67. The second-order valence-electron chi connectivity index (χ2n) is 5.18. The molecule has 0 radical (unpaired) electrons. The zero-order valence-corrected chi connectivity index (χ0v) is 11.7. The van der Waals surface area contributed by atoms with Crippen molar-refractivity contribution in [2.45, 2.75) is 19.8 Å². The third-order valence-electron chi connectivity index (χ3n) is 3.77. The van der Waals surface area contributed by atoms with E-state index >= 15 is 0 Å². The number of rotatable bonds is 3. The van der Waals surface area contributed by atoms with Crippen LogP contribution in [0.25, 0.3) is 21.9 Å². The van der Waals surface area contributed by atoms with Crippen LogP contribution in [0.3, 0.4) is 0 Å². The van der Waals surface area contributed by atoms with Crippen molar-refractivity contribution in [1.82, 2.24) is 0 Å². The Bertz CT molecular complexity index is 873. The van der Waals surface area contributed by atoms with Gasteiger partial charge in [0.1, 0.15) is 11.2 Å². The van der Waals surface area contributed by atoms with E-state index in [-0.39, 0.29) is 5.78 Å². The molecule has 3 aromatic rings. The molecule has 3 rings (SSSR count). The Balaban J connectivity index is 2.27. The molecule has 106 valence electrons. The van der Waals surface area contributed by atoms with Gasteiger partial charge in [0.2, 0.25) is 0 Å². The van der Waals surface area contributed by atoms with E-state index in [0.717, 1.165) is 10.8 Å². The lowest BCUT2D eigenvalue weighted by Crippen LogP contribution is -2.06. The Morgan fingerprint density at radius 3 is 2.29 bits per heavy atom. The molecule has 1 aromatic heterocycles. The Hall–Kier alpha value is -2.62. The van der Waals surface area contributed by atoms with Crippen LogP contribution >= 0.6 is 0 Å². The molecule has 21 heavy (non-hydrogen) atoms. The Kier molecular flexibility index (Phi) is 3.01. The molecule has 0 amide bonds. The number of benzene rings is 2. The fraction of sp³-hybridized carbons (Fsp3) is 0.176. The van der Waals surface area contributed by atoms with Gasteiger partial charge in [-0.2, -0.15) is 0 Å². The summed E-state index contributed by atoms with van der Waals surface area (Å²) < 4.78 is 5.72. The van der Waals surface area contributed by atoms with Crippen molar-refractivity contribution in [2.75, 3.05) is 0 Å². The lowest BCUT2D eigenvalue weighted by Gasteiger charge is -2.05. The molecule has 4 nitrogen and oxygen atoms in total. The summed E-state index contributed by atoms with van der Waals surface area (Å²) in [5.74, 6) is -1.47. The van der Waals surface area contributed by atoms with E-state index in [1.165, 1.54) is 6.92 Å². The summed E-state index contributed by atoms with van der Waals surface area (Å²) in [6, 6.07) is 10.6. The van der Waals surface area contributed by atoms with Crippen LogP contribution < -0.4 is 0 Å². The largest absolute Gasteiger partial charge is 0.481 e. The molecule has 0 saturated heterocycles. The number of ketones is 1. The number of fused-ring (bicyclic) bond motifs is 3. The number of hydrogen-bond acceptors (Lipinski definition) is 3. The Morgan fingerprint density at radius 2 is 1.67 bits per heavy atom. The molecule has 0 spiro atoms. The second kappa shape index (κ2) is 4.74. The fourth-order valence-corrected chi connectivity index (χ4v) is 2.43. The van der Waals surface area contributed by atoms with Crippen LogP contribution in [0.2, 0.25) is 0 Å². The minimum atomic E-state index is -0.869. The summed E-state index contributed by atoms with van der Waals surface area (Å²) in [7, 11) is 0. The maximum absolute atomic E-state index is 11.5. The van der Waals surface area contributed by atoms with E-state index in [2.05, 4.69) is 0 Å². The van der Waals surface area contributed by atoms with Crippen LogP contribution in [0, 0.1) is 0 Å². The number of hydrogen-bond donors (Lipinski definition) is 1. The van der Waals surface area contributed by atoms with Crippen molar-refractivity contribution in [2.24, 2.45) is 0 Å². The van der Waals surface area contributed by atoms with Crippen molar-refractivity contribution in [3.8, 4) is 0 Å². The van der Waals surface area contributed by atoms with Crippen LogP contribution in [-0.2, 0) is 4.79 Å². The molecule has 1 N–H and O–H groups in total. The molecule has 0 aliphatic rings. The van der Waals surface area contributed by atoms with Gasteiger partial charge in [0.05, 0.1) is 5.92 Å². The maximum atomic E-state index is 11.5. The lowest BCUT2D eigenvalue weighted by atomic mass is 9.98. The predicted molar refractivity (Wildman–Crippen MR) is 79.8 cm³/mol. The fourth-order valence-electron chi connectivity index (χ4n) is 2.43. The highest BCUT2D eigenvalue weighted by molar-refractivity contribution is 6.08. The average Bonchev–Trinajstić information content (AvgIpc) is 2.82. The summed E-state index contributed by atoms with van der Waals surface area (Å²) in [5, 5.41) is 10.8. The zero-order valence-electron chi connectivity index (χ0n) is 11.7. The minimum absolute atomic E-state index is 0.0127. The highest BCUT2D eigenvalue weighted by Crippen LogP contribution is 2.32. The van der Waals surface area contributed by atoms with Gasteiger partial charge in [0, 0.05) is 16.3 Å². The first-order valence-electron chi connectivity index (χ1n) is 6.67. The number of carboxylic acid groups (broad SMARTS) is 1. The van der Waals surface area contributed by atoms with Gasteiger partial charge in [-0.1, -0.05) is 6.07 Å². The molecule has 0 fully saturated rings. The van der Waals surface area contributed by atoms with Crippen molar-refractivity contribution < 1.29 is 19.1 Å². The molecule has 1 heterocycles. The topological polar surface area (TPSA) is 67.5 Å². The summed E-state index contributed by atoms with van der Waals surface area (Å²) in [5.41, 5.74) is 2.70. The molecule has 4 heteroatoms.